The molecule has 226 valence electrons. The summed E-state index contributed by atoms with van der Waals surface area (Å²) in [6, 6.07) is 10.4. The molecule has 6 N–H and O–H groups in total. The van der Waals surface area contributed by atoms with Crippen LogP contribution in [0.25, 0.3) is 5.57 Å². The number of aromatic hydroxyl groups is 1. The van der Waals surface area contributed by atoms with E-state index in [1.54, 1.807) is 12.1 Å². The third kappa shape index (κ3) is 5.98. The van der Waals surface area contributed by atoms with Gasteiger partial charge in [0.1, 0.15) is 35.9 Å². The van der Waals surface area contributed by atoms with Crippen LogP contribution in [0, 0.1) is 0 Å². The van der Waals surface area contributed by atoms with E-state index >= 15 is 0 Å². The van der Waals surface area contributed by atoms with Crippen LogP contribution in [0.5, 0.6) is 11.5 Å². The molecule has 2 aromatic rings. The Bertz CT molecular complexity index is 1380. The van der Waals surface area contributed by atoms with Gasteiger partial charge in [0.05, 0.1) is 19.3 Å². The van der Waals surface area contributed by atoms with Gasteiger partial charge in [-0.15, -0.1) is 0 Å². The Labute approximate surface area is 241 Å². The van der Waals surface area contributed by atoms with E-state index in [4.69, 9.17) is 18.9 Å². The molecule has 0 unspecified atom stereocenters. The van der Waals surface area contributed by atoms with Crippen LogP contribution in [0.15, 0.2) is 59.9 Å². The van der Waals surface area contributed by atoms with Crippen molar-refractivity contribution in [3.8, 4) is 11.5 Å². The van der Waals surface area contributed by atoms with Crippen molar-refractivity contribution in [2.75, 3.05) is 13.7 Å². The third-order valence-corrected chi connectivity index (χ3v) is 7.19. The molecule has 12 nitrogen and oxygen atoms in total. The summed E-state index contributed by atoms with van der Waals surface area (Å²) in [5, 5.41) is 60.8. The number of hydrogen-bond acceptors (Lipinski definition) is 12. The fraction of sp³-hybridized carbons (Fsp3) is 0.400. The molecule has 0 bridgehead atoms. The van der Waals surface area contributed by atoms with E-state index in [1.807, 2.05) is 19.9 Å². The highest BCUT2D eigenvalue weighted by molar-refractivity contribution is 6.11. The average molecular weight is 587 g/mol. The largest absolute Gasteiger partial charge is 0.508 e. The molecule has 0 aliphatic carbocycles. The van der Waals surface area contributed by atoms with E-state index in [2.05, 4.69) is 0 Å². The van der Waals surface area contributed by atoms with Gasteiger partial charge in [0, 0.05) is 6.42 Å². The summed E-state index contributed by atoms with van der Waals surface area (Å²) in [6.07, 6.45) is -5.27. The second kappa shape index (κ2) is 12.5. The number of cyclic esters (lactones) is 1. The van der Waals surface area contributed by atoms with E-state index < -0.39 is 60.6 Å². The van der Waals surface area contributed by atoms with Crippen LogP contribution in [0.4, 0.5) is 0 Å². The fourth-order valence-electron chi connectivity index (χ4n) is 4.94. The lowest BCUT2D eigenvalue weighted by atomic mass is 9.83. The maximum absolute atomic E-state index is 13.2. The van der Waals surface area contributed by atoms with Gasteiger partial charge in [-0.25, -0.2) is 9.59 Å². The molecular weight excluding hydrogens is 552 g/mol. The van der Waals surface area contributed by atoms with Gasteiger partial charge in [-0.2, -0.15) is 0 Å². The van der Waals surface area contributed by atoms with E-state index in [-0.39, 0.29) is 29.1 Å². The molecule has 2 aliphatic rings. The maximum Gasteiger partial charge on any atom is 0.375 e. The van der Waals surface area contributed by atoms with Gasteiger partial charge >= 0.3 is 11.9 Å². The van der Waals surface area contributed by atoms with Crippen molar-refractivity contribution in [2.45, 2.75) is 63.0 Å². The van der Waals surface area contributed by atoms with E-state index in [0.717, 1.165) is 12.7 Å². The number of aliphatic hydroxyl groups excluding tert-OH is 5. The van der Waals surface area contributed by atoms with Gasteiger partial charge < -0.3 is 49.6 Å². The third-order valence-electron chi connectivity index (χ3n) is 7.19. The van der Waals surface area contributed by atoms with Gasteiger partial charge in [-0.3, -0.25) is 0 Å². The molecule has 2 aromatic carbocycles. The Hall–Kier alpha value is -3.94. The Morgan fingerprint density at radius 3 is 2.33 bits per heavy atom. The molecule has 0 amide bonds. The molecule has 0 radical (unpaired) electrons. The predicted molar refractivity (Wildman–Crippen MR) is 146 cm³/mol. The molecule has 1 fully saturated rings. The molecule has 42 heavy (non-hydrogen) atoms. The van der Waals surface area contributed by atoms with Crippen LogP contribution < -0.4 is 4.74 Å². The first-order valence-electron chi connectivity index (χ1n) is 13.2. The molecular formula is C30H34O12. The minimum Gasteiger partial charge on any atom is -0.508 e. The average Bonchev–Trinajstić information content (AvgIpc) is 3.22. The Kier molecular flexibility index (Phi) is 9.24. The zero-order valence-corrected chi connectivity index (χ0v) is 23.3. The number of ether oxygens (including phenoxy) is 4. The number of hydrogen-bond donors (Lipinski definition) is 6. The van der Waals surface area contributed by atoms with Gasteiger partial charge in [0.25, 0.3) is 0 Å². The number of rotatable bonds is 9. The smallest absolute Gasteiger partial charge is 0.375 e. The lowest BCUT2D eigenvalue weighted by Crippen LogP contribution is -2.60. The normalized spacial score (nSPS) is 27.4. The minimum absolute atomic E-state index is 0.0559. The summed E-state index contributed by atoms with van der Waals surface area (Å²) in [5.74, 6) is -2.66. The summed E-state index contributed by atoms with van der Waals surface area (Å²) < 4.78 is 21.5. The first kappa shape index (κ1) is 31.0. The number of aliphatic hydroxyl groups is 5. The monoisotopic (exact) mass is 586 g/mol. The first-order chi connectivity index (χ1) is 19.9. The summed E-state index contributed by atoms with van der Waals surface area (Å²) in [5.41, 5.74) is 0.177. The minimum atomic E-state index is -2.06. The van der Waals surface area contributed by atoms with Crippen molar-refractivity contribution in [1.82, 2.24) is 0 Å². The number of carbonyl (C=O) groups is 2. The molecule has 6 atom stereocenters. The molecule has 1 saturated heterocycles. The highest BCUT2D eigenvalue weighted by Crippen LogP contribution is 2.43. The molecule has 2 heterocycles. The van der Waals surface area contributed by atoms with E-state index in [1.165, 1.54) is 30.3 Å². The first-order valence-corrected chi connectivity index (χ1v) is 13.2. The zero-order chi connectivity index (χ0) is 30.8. The van der Waals surface area contributed by atoms with Crippen LogP contribution in [0.2, 0.25) is 0 Å². The number of allylic oxidation sites excluding steroid dienone is 2. The van der Waals surface area contributed by atoms with Crippen LogP contribution in [-0.2, 0) is 36.6 Å². The van der Waals surface area contributed by atoms with Crippen molar-refractivity contribution in [1.29, 1.82) is 0 Å². The number of phenolic OH excluding ortho intramolecular Hbond substituents is 1. The molecule has 0 aromatic heterocycles. The number of phenols is 1. The zero-order valence-electron chi connectivity index (χ0n) is 23.3. The van der Waals surface area contributed by atoms with Crippen molar-refractivity contribution in [2.24, 2.45) is 0 Å². The van der Waals surface area contributed by atoms with Crippen molar-refractivity contribution >= 4 is 17.5 Å². The number of benzene rings is 2. The second-order valence-electron chi connectivity index (χ2n) is 10.4. The standard InChI is InChI=1S/C30H34O12/c1-15(2)4-6-18-12-16(5-11-20(18)32)13-30(29(38)39-3)22(24(34)27(37)42-30)17-7-9-19(10-8-17)40-28-26(36)25(35)23(33)21(14-31)41-28/h4-5,7-12,21,23,25-26,28,31-36H,6,13-14H2,1-3H3/t21-,23-,25+,26-,28-,30-/m1/s1. The Morgan fingerprint density at radius 2 is 1.71 bits per heavy atom. The molecule has 0 saturated carbocycles. The number of methoxy groups -OCH3 is 1. The summed E-state index contributed by atoms with van der Waals surface area (Å²) in [4.78, 5) is 25.9. The van der Waals surface area contributed by atoms with Crippen molar-refractivity contribution in [3.05, 3.63) is 76.6 Å². The quantitative estimate of drug-likeness (QED) is 0.181. The van der Waals surface area contributed by atoms with E-state index in [9.17, 15) is 40.2 Å². The van der Waals surface area contributed by atoms with Crippen molar-refractivity contribution < 1.29 is 59.2 Å². The molecule has 0 spiro atoms. The van der Waals surface area contributed by atoms with Gasteiger partial charge in [-0.1, -0.05) is 35.9 Å². The predicted octanol–water partition coefficient (Wildman–Crippen LogP) is 1.06. The Balaban J connectivity index is 1.66. The highest BCUT2D eigenvalue weighted by atomic mass is 16.7. The molecule has 4 rings (SSSR count). The van der Waals surface area contributed by atoms with Crippen molar-refractivity contribution in [3.63, 3.8) is 0 Å². The Morgan fingerprint density at radius 1 is 1.02 bits per heavy atom. The van der Waals surface area contributed by atoms with Crippen LogP contribution in [-0.4, -0.2) is 92.6 Å². The van der Waals surface area contributed by atoms with E-state index in [0.29, 0.717) is 17.5 Å². The highest BCUT2D eigenvalue weighted by Gasteiger charge is 2.55. The number of carbonyl (C=O) groups excluding carboxylic acids is 2. The molecule has 12 heteroatoms. The van der Waals surface area contributed by atoms with Gasteiger partial charge in [0.15, 0.2) is 0 Å². The number of esters is 2. The maximum atomic E-state index is 13.2. The SMILES string of the molecule is COC(=O)[C@]1(Cc2ccc(O)c(CC=C(C)C)c2)OC(=O)C(O)=C1c1ccc(O[C@@H]2O[C@H](CO)[C@@H](O)[C@H](O)[C@H]2O)cc1. The summed E-state index contributed by atoms with van der Waals surface area (Å²) >= 11 is 0. The lowest BCUT2D eigenvalue weighted by molar-refractivity contribution is -0.277. The molecule has 2 aliphatic heterocycles. The summed E-state index contributed by atoms with van der Waals surface area (Å²) in [7, 11) is 1.12. The fourth-order valence-corrected chi connectivity index (χ4v) is 4.94. The summed E-state index contributed by atoms with van der Waals surface area (Å²) in [6.45, 7) is 3.22. The lowest BCUT2D eigenvalue weighted by Gasteiger charge is -2.39. The van der Waals surface area contributed by atoms with Gasteiger partial charge in [0.2, 0.25) is 17.7 Å². The van der Waals surface area contributed by atoms with Crippen LogP contribution in [0.1, 0.15) is 30.5 Å². The second-order valence-corrected chi connectivity index (χ2v) is 10.4. The van der Waals surface area contributed by atoms with Gasteiger partial charge in [-0.05, 0) is 55.2 Å². The van der Waals surface area contributed by atoms with Crippen LogP contribution >= 0.6 is 0 Å². The van der Waals surface area contributed by atoms with Crippen LogP contribution in [0.3, 0.4) is 0 Å². The topological polar surface area (TPSA) is 192 Å².